The van der Waals surface area contributed by atoms with Crippen LogP contribution in [0.2, 0.25) is 5.02 Å². The van der Waals surface area contributed by atoms with Gasteiger partial charge in [0, 0.05) is 24.0 Å². The number of hydrogen-bond donors (Lipinski definition) is 1. The summed E-state index contributed by atoms with van der Waals surface area (Å²) in [4.78, 5) is 26.2. The Bertz CT molecular complexity index is 517. The molecule has 0 aliphatic heterocycles. The summed E-state index contributed by atoms with van der Waals surface area (Å²) in [6, 6.07) is 6.90. The van der Waals surface area contributed by atoms with Crippen LogP contribution >= 0.6 is 11.6 Å². The van der Waals surface area contributed by atoms with Gasteiger partial charge in [-0.2, -0.15) is 0 Å². The molecule has 4 nitrogen and oxygen atoms in total. The molecule has 122 valence electrons. The number of nitrogens with zero attached hydrogens (tertiary/aromatic N) is 1. The Hall–Kier alpha value is -1.55. The Morgan fingerprint density at radius 1 is 1.23 bits per heavy atom. The van der Waals surface area contributed by atoms with Gasteiger partial charge in [0.2, 0.25) is 11.8 Å². The highest BCUT2D eigenvalue weighted by molar-refractivity contribution is 6.31. The SMILES string of the molecule is CCCC(=O)N(Cc1ccccc1Cl)C(C)C(=O)NC(C)C. The molecule has 0 aromatic heterocycles. The summed E-state index contributed by atoms with van der Waals surface area (Å²) < 4.78 is 0. The highest BCUT2D eigenvalue weighted by atomic mass is 35.5. The Labute approximate surface area is 137 Å². The van der Waals surface area contributed by atoms with Crippen molar-refractivity contribution in [1.82, 2.24) is 10.2 Å². The van der Waals surface area contributed by atoms with Crippen LogP contribution in [-0.2, 0) is 16.1 Å². The molecule has 0 aliphatic rings. The maximum Gasteiger partial charge on any atom is 0.242 e. The van der Waals surface area contributed by atoms with Gasteiger partial charge in [-0.05, 0) is 38.8 Å². The molecule has 1 N–H and O–H groups in total. The van der Waals surface area contributed by atoms with Crippen molar-refractivity contribution in [2.24, 2.45) is 0 Å². The zero-order valence-electron chi connectivity index (χ0n) is 13.7. The highest BCUT2D eigenvalue weighted by Crippen LogP contribution is 2.19. The highest BCUT2D eigenvalue weighted by Gasteiger charge is 2.26. The van der Waals surface area contributed by atoms with Crippen molar-refractivity contribution in [2.75, 3.05) is 0 Å². The summed E-state index contributed by atoms with van der Waals surface area (Å²) in [6.45, 7) is 7.84. The summed E-state index contributed by atoms with van der Waals surface area (Å²) in [5.41, 5.74) is 0.845. The van der Waals surface area contributed by atoms with Crippen molar-refractivity contribution < 1.29 is 9.59 Å². The number of halogens is 1. The monoisotopic (exact) mass is 324 g/mol. The Balaban J connectivity index is 2.95. The zero-order chi connectivity index (χ0) is 16.7. The average Bonchev–Trinajstić information content (AvgIpc) is 2.45. The third-order valence-electron chi connectivity index (χ3n) is 3.36. The van der Waals surface area contributed by atoms with Crippen molar-refractivity contribution in [3.63, 3.8) is 0 Å². The molecule has 0 radical (unpaired) electrons. The van der Waals surface area contributed by atoms with E-state index in [1.54, 1.807) is 17.9 Å². The standard InChI is InChI=1S/C17H25ClN2O2/c1-5-8-16(21)20(13(4)17(22)19-12(2)3)11-14-9-6-7-10-15(14)18/h6-7,9-10,12-13H,5,8,11H2,1-4H3,(H,19,22). The van der Waals surface area contributed by atoms with Gasteiger partial charge >= 0.3 is 0 Å². The van der Waals surface area contributed by atoms with Crippen molar-refractivity contribution in [3.8, 4) is 0 Å². The van der Waals surface area contributed by atoms with Gasteiger partial charge in [0.25, 0.3) is 0 Å². The van der Waals surface area contributed by atoms with Gasteiger partial charge in [0.1, 0.15) is 6.04 Å². The van der Waals surface area contributed by atoms with Crippen LogP contribution in [0.25, 0.3) is 0 Å². The first-order valence-corrected chi connectivity index (χ1v) is 8.07. The molecule has 0 aliphatic carbocycles. The predicted octanol–water partition coefficient (Wildman–Crippen LogP) is 3.38. The molecule has 0 fully saturated rings. The lowest BCUT2D eigenvalue weighted by Crippen LogP contribution is -2.49. The van der Waals surface area contributed by atoms with Crippen LogP contribution < -0.4 is 5.32 Å². The van der Waals surface area contributed by atoms with E-state index in [1.807, 2.05) is 39.0 Å². The van der Waals surface area contributed by atoms with Crippen LogP contribution in [0, 0.1) is 0 Å². The molecular weight excluding hydrogens is 300 g/mol. The van der Waals surface area contributed by atoms with E-state index in [2.05, 4.69) is 5.32 Å². The first kappa shape index (κ1) is 18.5. The molecule has 0 saturated carbocycles. The van der Waals surface area contributed by atoms with E-state index in [4.69, 9.17) is 11.6 Å². The number of rotatable bonds is 7. The van der Waals surface area contributed by atoms with E-state index < -0.39 is 6.04 Å². The molecule has 0 heterocycles. The fourth-order valence-corrected chi connectivity index (χ4v) is 2.35. The topological polar surface area (TPSA) is 49.4 Å². The molecule has 1 atom stereocenters. The molecule has 1 rings (SSSR count). The summed E-state index contributed by atoms with van der Waals surface area (Å²) in [6.07, 6.45) is 1.17. The third kappa shape index (κ3) is 5.34. The zero-order valence-corrected chi connectivity index (χ0v) is 14.5. The third-order valence-corrected chi connectivity index (χ3v) is 3.73. The minimum absolute atomic E-state index is 0.0335. The van der Waals surface area contributed by atoms with Crippen LogP contribution in [0.4, 0.5) is 0 Å². The fourth-order valence-electron chi connectivity index (χ4n) is 2.16. The molecule has 1 aromatic carbocycles. The van der Waals surface area contributed by atoms with Crippen LogP contribution in [-0.4, -0.2) is 28.8 Å². The molecule has 0 spiro atoms. The summed E-state index contributed by atoms with van der Waals surface area (Å²) in [5, 5.41) is 3.46. The van der Waals surface area contributed by atoms with Crippen LogP contribution in [0.1, 0.15) is 46.1 Å². The molecule has 0 saturated heterocycles. The molecule has 5 heteroatoms. The molecule has 0 bridgehead atoms. The normalized spacial score (nSPS) is 12.1. The maximum atomic E-state index is 12.4. The number of hydrogen-bond acceptors (Lipinski definition) is 2. The van der Waals surface area contributed by atoms with Crippen molar-refractivity contribution >= 4 is 23.4 Å². The number of nitrogens with one attached hydrogen (secondary N) is 1. The largest absolute Gasteiger partial charge is 0.352 e. The van der Waals surface area contributed by atoms with Gasteiger partial charge in [0.15, 0.2) is 0 Å². The summed E-state index contributed by atoms with van der Waals surface area (Å²) >= 11 is 6.18. The first-order valence-electron chi connectivity index (χ1n) is 7.70. The number of amides is 2. The van der Waals surface area contributed by atoms with Gasteiger partial charge in [-0.1, -0.05) is 36.7 Å². The lowest BCUT2D eigenvalue weighted by atomic mass is 10.1. The van der Waals surface area contributed by atoms with E-state index in [1.165, 1.54) is 0 Å². The second kappa shape index (κ2) is 8.79. The molecule has 2 amide bonds. The van der Waals surface area contributed by atoms with Gasteiger partial charge in [0.05, 0.1) is 0 Å². The van der Waals surface area contributed by atoms with Gasteiger partial charge in [-0.15, -0.1) is 0 Å². The maximum absolute atomic E-state index is 12.4. The van der Waals surface area contributed by atoms with Crippen LogP contribution in [0.15, 0.2) is 24.3 Å². The minimum Gasteiger partial charge on any atom is -0.352 e. The Morgan fingerprint density at radius 2 is 1.86 bits per heavy atom. The van der Waals surface area contributed by atoms with E-state index in [0.717, 1.165) is 12.0 Å². The second-order valence-electron chi connectivity index (χ2n) is 5.70. The van der Waals surface area contributed by atoms with E-state index in [0.29, 0.717) is 18.0 Å². The van der Waals surface area contributed by atoms with Gasteiger partial charge < -0.3 is 10.2 Å². The van der Waals surface area contributed by atoms with Crippen molar-refractivity contribution in [3.05, 3.63) is 34.9 Å². The Morgan fingerprint density at radius 3 is 2.41 bits per heavy atom. The van der Waals surface area contributed by atoms with Gasteiger partial charge in [-0.3, -0.25) is 9.59 Å². The molecule has 22 heavy (non-hydrogen) atoms. The van der Waals surface area contributed by atoms with E-state index >= 15 is 0 Å². The molecular formula is C17H25ClN2O2. The number of carbonyl (C=O) groups is 2. The van der Waals surface area contributed by atoms with E-state index in [-0.39, 0.29) is 17.9 Å². The fraction of sp³-hybridized carbons (Fsp3) is 0.529. The second-order valence-corrected chi connectivity index (χ2v) is 6.11. The van der Waals surface area contributed by atoms with Crippen molar-refractivity contribution in [2.45, 2.75) is 59.2 Å². The van der Waals surface area contributed by atoms with Crippen molar-refractivity contribution in [1.29, 1.82) is 0 Å². The minimum atomic E-state index is -0.530. The lowest BCUT2D eigenvalue weighted by molar-refractivity contribution is -0.140. The number of carbonyl (C=O) groups excluding carboxylic acids is 2. The summed E-state index contributed by atoms with van der Waals surface area (Å²) in [7, 11) is 0. The predicted molar refractivity (Wildman–Crippen MR) is 89.7 cm³/mol. The average molecular weight is 325 g/mol. The molecule has 1 unspecified atom stereocenters. The molecule has 1 aromatic rings. The Kier molecular flexibility index (Phi) is 7.39. The smallest absolute Gasteiger partial charge is 0.242 e. The van der Waals surface area contributed by atoms with Crippen LogP contribution in [0.5, 0.6) is 0 Å². The quantitative estimate of drug-likeness (QED) is 0.836. The van der Waals surface area contributed by atoms with E-state index in [9.17, 15) is 9.59 Å². The summed E-state index contributed by atoms with van der Waals surface area (Å²) in [5.74, 6) is -0.180. The lowest BCUT2D eigenvalue weighted by Gasteiger charge is -2.29. The van der Waals surface area contributed by atoms with Crippen LogP contribution in [0.3, 0.4) is 0 Å². The number of benzene rings is 1. The van der Waals surface area contributed by atoms with Gasteiger partial charge in [-0.25, -0.2) is 0 Å². The first-order chi connectivity index (χ1) is 10.4.